The lowest BCUT2D eigenvalue weighted by Gasteiger charge is -2.30. The lowest BCUT2D eigenvalue weighted by Crippen LogP contribution is -2.47. The molecular formula is C32H32Cl2N6OS. The Morgan fingerprint density at radius 2 is 1.90 bits per heavy atom. The minimum Gasteiger partial charge on any atom is -0.351 e. The fourth-order valence-electron chi connectivity index (χ4n) is 4.53. The maximum Gasteiger partial charge on any atom is 0.226 e. The Morgan fingerprint density at radius 1 is 1.14 bits per heavy atom. The lowest BCUT2D eigenvalue weighted by molar-refractivity contribution is -0.121. The standard InChI is InChI=1S/C32H32Cl2N6OS/c1-3-26(37-30(41)15-28-17-36-21-40(28)18-24-12-10-23(16-35)11-13-24)20-39(19-25-7-5-9-29(33)31(25)34)32(42)38-27-8-4-6-22(2)14-27/h4-14,17,21,26H,3,15,18-20H2,1-2H3,(H,37,41)(H,38,42)/t26-/m0/s1. The van der Waals surface area contributed by atoms with Crippen LogP contribution in [0, 0.1) is 18.3 Å². The molecule has 3 aromatic carbocycles. The van der Waals surface area contributed by atoms with Crippen molar-refractivity contribution in [3.63, 3.8) is 0 Å². The highest BCUT2D eigenvalue weighted by molar-refractivity contribution is 7.80. The molecule has 1 aromatic heterocycles. The van der Waals surface area contributed by atoms with E-state index in [0.29, 0.717) is 46.8 Å². The summed E-state index contributed by atoms with van der Waals surface area (Å²) in [6.07, 6.45) is 4.30. The van der Waals surface area contributed by atoms with Gasteiger partial charge in [-0.3, -0.25) is 4.79 Å². The molecule has 4 aromatic rings. The molecule has 0 aliphatic rings. The molecule has 0 radical (unpaired) electrons. The number of nitrogens with zero attached hydrogens (tertiary/aromatic N) is 4. The summed E-state index contributed by atoms with van der Waals surface area (Å²) in [6.45, 7) is 5.49. The molecular weight excluding hydrogens is 587 g/mol. The summed E-state index contributed by atoms with van der Waals surface area (Å²) in [5, 5.41) is 17.0. The molecule has 0 saturated heterocycles. The van der Waals surface area contributed by atoms with Gasteiger partial charge in [-0.25, -0.2) is 4.98 Å². The van der Waals surface area contributed by atoms with E-state index in [1.807, 2.05) is 71.8 Å². The Balaban J connectivity index is 1.45. The average molecular weight is 620 g/mol. The number of thiocarbonyl (C=S) groups is 1. The van der Waals surface area contributed by atoms with Crippen LogP contribution in [-0.2, 0) is 24.3 Å². The molecule has 42 heavy (non-hydrogen) atoms. The fraction of sp³-hybridized carbons (Fsp3) is 0.250. The van der Waals surface area contributed by atoms with Crippen LogP contribution >= 0.6 is 35.4 Å². The Labute approximate surface area is 262 Å². The second kappa shape index (κ2) is 14.8. The van der Waals surface area contributed by atoms with Crippen LogP contribution in [0.3, 0.4) is 0 Å². The minimum absolute atomic E-state index is 0.110. The minimum atomic E-state index is -0.178. The molecule has 0 aliphatic carbocycles. The van der Waals surface area contributed by atoms with Crippen LogP contribution in [-0.4, -0.2) is 38.1 Å². The first kappa shape index (κ1) is 31.0. The topological polar surface area (TPSA) is 86.0 Å². The van der Waals surface area contributed by atoms with Gasteiger partial charge in [-0.05, 0) is 72.6 Å². The molecule has 1 amide bonds. The van der Waals surface area contributed by atoms with E-state index >= 15 is 0 Å². The first-order valence-corrected chi connectivity index (χ1v) is 14.7. The predicted octanol–water partition coefficient (Wildman–Crippen LogP) is 6.75. The largest absolute Gasteiger partial charge is 0.351 e. The van der Waals surface area contributed by atoms with Gasteiger partial charge in [0.05, 0.1) is 34.4 Å². The number of aryl methyl sites for hydroxylation is 1. The van der Waals surface area contributed by atoms with Gasteiger partial charge in [0, 0.05) is 43.3 Å². The van der Waals surface area contributed by atoms with Gasteiger partial charge >= 0.3 is 0 Å². The van der Waals surface area contributed by atoms with Gasteiger partial charge in [-0.2, -0.15) is 5.26 Å². The van der Waals surface area contributed by atoms with Crippen molar-refractivity contribution in [2.45, 2.75) is 45.8 Å². The first-order valence-electron chi connectivity index (χ1n) is 13.6. The molecule has 0 aliphatic heterocycles. The summed E-state index contributed by atoms with van der Waals surface area (Å²) in [5.41, 5.74) is 5.26. The van der Waals surface area contributed by atoms with E-state index in [1.165, 1.54) is 0 Å². The smallest absolute Gasteiger partial charge is 0.226 e. The van der Waals surface area contributed by atoms with E-state index in [1.54, 1.807) is 30.7 Å². The Morgan fingerprint density at radius 3 is 2.62 bits per heavy atom. The number of imidazole rings is 1. The van der Waals surface area contributed by atoms with Gasteiger partial charge < -0.3 is 20.1 Å². The van der Waals surface area contributed by atoms with Crippen molar-refractivity contribution in [3.05, 3.63) is 117 Å². The number of carbonyl (C=O) groups excluding carboxylic acids is 1. The number of anilines is 1. The molecule has 4 rings (SSSR count). The summed E-state index contributed by atoms with van der Waals surface area (Å²) >= 11 is 18.7. The number of hydrogen-bond donors (Lipinski definition) is 2. The van der Waals surface area contributed by atoms with E-state index < -0.39 is 0 Å². The van der Waals surface area contributed by atoms with Crippen molar-refractivity contribution >= 4 is 52.1 Å². The quantitative estimate of drug-likeness (QED) is 0.181. The maximum absolute atomic E-state index is 13.2. The van der Waals surface area contributed by atoms with Crippen molar-refractivity contribution in [2.24, 2.45) is 0 Å². The zero-order valence-corrected chi connectivity index (χ0v) is 25.8. The molecule has 0 bridgehead atoms. The van der Waals surface area contributed by atoms with Crippen molar-refractivity contribution in [1.82, 2.24) is 19.8 Å². The molecule has 2 N–H and O–H groups in total. The van der Waals surface area contributed by atoms with Crippen LogP contribution in [0.1, 0.15) is 41.3 Å². The molecule has 0 fully saturated rings. The molecule has 0 spiro atoms. The number of aromatic nitrogens is 2. The van der Waals surface area contributed by atoms with E-state index in [4.69, 9.17) is 40.7 Å². The van der Waals surface area contributed by atoms with Gasteiger partial charge in [0.15, 0.2) is 5.11 Å². The third-order valence-corrected chi connectivity index (χ3v) is 8.04. The summed E-state index contributed by atoms with van der Waals surface area (Å²) in [7, 11) is 0. The van der Waals surface area contributed by atoms with Crippen LogP contribution in [0.4, 0.5) is 5.69 Å². The van der Waals surface area contributed by atoms with Crippen LogP contribution < -0.4 is 10.6 Å². The normalized spacial score (nSPS) is 11.4. The van der Waals surface area contributed by atoms with Gasteiger partial charge in [-0.1, -0.05) is 66.5 Å². The van der Waals surface area contributed by atoms with Gasteiger partial charge in [0.2, 0.25) is 5.91 Å². The number of halogens is 2. The number of amides is 1. The van der Waals surface area contributed by atoms with Crippen molar-refractivity contribution in [3.8, 4) is 6.07 Å². The summed E-state index contributed by atoms with van der Waals surface area (Å²) in [5.74, 6) is -0.110. The van der Waals surface area contributed by atoms with Crippen molar-refractivity contribution in [2.75, 3.05) is 11.9 Å². The number of nitrogens with one attached hydrogen (secondary N) is 2. The first-order chi connectivity index (χ1) is 20.2. The highest BCUT2D eigenvalue weighted by Crippen LogP contribution is 2.27. The lowest BCUT2D eigenvalue weighted by atomic mass is 10.1. The highest BCUT2D eigenvalue weighted by atomic mass is 35.5. The summed E-state index contributed by atoms with van der Waals surface area (Å²) in [4.78, 5) is 19.5. The molecule has 7 nitrogen and oxygen atoms in total. The molecule has 1 atom stereocenters. The van der Waals surface area contributed by atoms with Gasteiger partial charge in [-0.15, -0.1) is 0 Å². The number of carbonyl (C=O) groups is 1. The van der Waals surface area contributed by atoms with Crippen molar-refractivity contribution < 1.29 is 4.79 Å². The van der Waals surface area contributed by atoms with Crippen LogP contribution in [0.2, 0.25) is 10.0 Å². The Bertz CT molecular complexity index is 1580. The number of rotatable bonds is 11. The maximum atomic E-state index is 13.2. The van der Waals surface area contributed by atoms with E-state index in [2.05, 4.69) is 21.7 Å². The predicted molar refractivity (Wildman–Crippen MR) is 173 cm³/mol. The average Bonchev–Trinajstić information content (AvgIpc) is 3.40. The second-order valence-electron chi connectivity index (χ2n) is 10.1. The monoisotopic (exact) mass is 618 g/mol. The van der Waals surface area contributed by atoms with Gasteiger partial charge in [0.1, 0.15) is 0 Å². The third kappa shape index (κ3) is 8.56. The fourth-order valence-corrected chi connectivity index (χ4v) is 5.16. The second-order valence-corrected chi connectivity index (χ2v) is 11.2. The third-order valence-electron chi connectivity index (χ3n) is 6.82. The Hall–Kier alpha value is -3.90. The van der Waals surface area contributed by atoms with E-state index in [0.717, 1.165) is 28.1 Å². The molecule has 0 saturated carbocycles. The van der Waals surface area contributed by atoms with E-state index in [-0.39, 0.29) is 18.4 Å². The Kier molecular flexibility index (Phi) is 11.0. The van der Waals surface area contributed by atoms with Gasteiger partial charge in [0.25, 0.3) is 0 Å². The molecule has 1 heterocycles. The van der Waals surface area contributed by atoms with Crippen LogP contribution in [0.25, 0.3) is 0 Å². The zero-order chi connectivity index (χ0) is 30.1. The van der Waals surface area contributed by atoms with Crippen LogP contribution in [0.5, 0.6) is 0 Å². The van der Waals surface area contributed by atoms with Crippen LogP contribution in [0.15, 0.2) is 79.3 Å². The summed E-state index contributed by atoms with van der Waals surface area (Å²) in [6, 6.07) is 22.8. The summed E-state index contributed by atoms with van der Waals surface area (Å²) < 4.78 is 1.94. The van der Waals surface area contributed by atoms with Crippen molar-refractivity contribution in [1.29, 1.82) is 5.26 Å². The zero-order valence-electron chi connectivity index (χ0n) is 23.5. The number of benzene rings is 3. The number of hydrogen-bond acceptors (Lipinski definition) is 4. The molecule has 0 unspecified atom stereocenters. The van der Waals surface area contributed by atoms with E-state index in [9.17, 15) is 4.79 Å². The number of nitriles is 1. The molecule has 10 heteroatoms. The SMILES string of the molecule is CC[C@@H](CN(Cc1cccc(Cl)c1Cl)C(=S)Nc1cccc(C)c1)NC(=O)Cc1cncn1Cc1ccc(C#N)cc1. The molecule has 216 valence electrons. The highest BCUT2D eigenvalue weighted by Gasteiger charge is 2.20.